The minimum absolute atomic E-state index is 0.0222. The van der Waals surface area contributed by atoms with E-state index in [-0.39, 0.29) is 28.4 Å². The van der Waals surface area contributed by atoms with E-state index >= 15 is 0 Å². The van der Waals surface area contributed by atoms with Crippen LogP contribution in [0.25, 0.3) is 11.1 Å². The smallest absolute Gasteiger partial charge is 0.252 e. The molecular weight excluding hydrogens is 846 g/mol. The van der Waals surface area contributed by atoms with Crippen LogP contribution in [0.2, 0.25) is 0 Å². The van der Waals surface area contributed by atoms with Crippen molar-refractivity contribution in [1.82, 2.24) is 0 Å². The molecule has 0 radical (unpaired) electrons. The van der Waals surface area contributed by atoms with Crippen molar-refractivity contribution in [2.75, 3.05) is 14.7 Å². The van der Waals surface area contributed by atoms with Crippen LogP contribution in [0, 0.1) is 13.8 Å². The Balaban J connectivity index is 1.14. The van der Waals surface area contributed by atoms with Crippen molar-refractivity contribution >= 4 is 74.3 Å². The number of anilines is 9. The monoisotopic (exact) mass is 910 g/mol. The summed E-state index contributed by atoms with van der Waals surface area (Å²) in [6.07, 6.45) is 4.38. The number of para-hydroxylation sites is 2. The molecule has 8 aromatic rings. The van der Waals surface area contributed by atoms with Gasteiger partial charge in [0.1, 0.15) is 0 Å². The van der Waals surface area contributed by atoms with E-state index in [1.807, 2.05) is 0 Å². The molecule has 0 bridgehead atoms. The Morgan fingerprint density at radius 2 is 0.971 bits per heavy atom. The highest BCUT2D eigenvalue weighted by atomic mass is 15.2. The van der Waals surface area contributed by atoms with Crippen molar-refractivity contribution in [3.05, 3.63) is 202 Å². The van der Waals surface area contributed by atoms with Gasteiger partial charge < -0.3 is 14.7 Å². The first kappa shape index (κ1) is 43.3. The average molecular weight is 910 g/mol. The first-order valence-corrected chi connectivity index (χ1v) is 25.8. The molecule has 0 aromatic heterocycles. The molecule has 2 aliphatic heterocycles. The zero-order valence-electron chi connectivity index (χ0n) is 42.8. The van der Waals surface area contributed by atoms with E-state index in [4.69, 9.17) is 0 Å². The number of nitrogens with zero attached hydrogens (tertiary/aromatic N) is 3. The molecule has 4 heteroatoms. The van der Waals surface area contributed by atoms with Crippen molar-refractivity contribution in [2.24, 2.45) is 0 Å². The van der Waals surface area contributed by atoms with Gasteiger partial charge in [-0.05, 0) is 200 Å². The standard InChI is InChI=1S/C66H64BN3/c1-41-32-60-62-61(33-41)70(58-38-52-50(34-42(58)2)63(3,4)30-31-64(52,5)6)57-29-28-46(68(44-21-13-11-14-22-44)45-23-15-12-16-24-45)36-54(57)67(62)55-37-51-53(66(9,10)40-65(51,7)8)39-59(55)69(60)56-27-19-26-48-47-25-18-17-20-43(47)35-49(48)56/h11-29,32-34,36-39H,30-31,35,40H2,1-10H3. The lowest BCUT2D eigenvalue weighted by molar-refractivity contribution is 0.332. The van der Waals surface area contributed by atoms with E-state index in [0.29, 0.717) is 0 Å². The van der Waals surface area contributed by atoms with Gasteiger partial charge in [0.05, 0.1) is 5.69 Å². The molecule has 0 atom stereocenters. The van der Waals surface area contributed by atoms with Crippen molar-refractivity contribution in [2.45, 2.75) is 117 Å². The molecule has 0 unspecified atom stereocenters. The Labute approximate surface area is 416 Å². The molecule has 346 valence electrons. The summed E-state index contributed by atoms with van der Waals surface area (Å²) < 4.78 is 0. The summed E-state index contributed by atoms with van der Waals surface area (Å²) in [5.74, 6) is 0. The summed E-state index contributed by atoms with van der Waals surface area (Å²) in [6, 6.07) is 60.8. The molecule has 5 aliphatic rings. The average Bonchev–Trinajstić information content (AvgIpc) is 3.80. The van der Waals surface area contributed by atoms with Crippen LogP contribution in [0.4, 0.5) is 51.2 Å². The molecule has 13 rings (SSSR count). The maximum atomic E-state index is 2.71. The largest absolute Gasteiger partial charge is 0.311 e. The molecule has 2 heterocycles. The van der Waals surface area contributed by atoms with E-state index in [1.54, 1.807) is 0 Å². The van der Waals surface area contributed by atoms with Gasteiger partial charge in [0.25, 0.3) is 6.71 Å². The fraction of sp³-hybridized carbons (Fsp3) is 0.273. The summed E-state index contributed by atoms with van der Waals surface area (Å²) in [7, 11) is 0. The van der Waals surface area contributed by atoms with Gasteiger partial charge in [0.15, 0.2) is 0 Å². The molecule has 8 aromatic carbocycles. The zero-order valence-corrected chi connectivity index (χ0v) is 42.8. The Morgan fingerprint density at radius 3 is 1.64 bits per heavy atom. The normalized spacial score (nSPS) is 17.7. The molecule has 0 saturated carbocycles. The minimum Gasteiger partial charge on any atom is -0.311 e. The van der Waals surface area contributed by atoms with Crippen LogP contribution in [-0.2, 0) is 28.1 Å². The van der Waals surface area contributed by atoms with Crippen LogP contribution >= 0.6 is 0 Å². The van der Waals surface area contributed by atoms with Gasteiger partial charge in [-0.15, -0.1) is 0 Å². The maximum absolute atomic E-state index is 2.71. The highest BCUT2D eigenvalue weighted by Crippen LogP contribution is 2.55. The Hall–Kier alpha value is -6.78. The Morgan fingerprint density at radius 1 is 0.429 bits per heavy atom. The summed E-state index contributed by atoms with van der Waals surface area (Å²) >= 11 is 0. The third kappa shape index (κ3) is 6.27. The van der Waals surface area contributed by atoms with E-state index in [0.717, 1.165) is 29.9 Å². The van der Waals surface area contributed by atoms with Crippen LogP contribution in [0.3, 0.4) is 0 Å². The van der Waals surface area contributed by atoms with Gasteiger partial charge in [-0.2, -0.15) is 0 Å². The molecule has 0 amide bonds. The fourth-order valence-corrected chi connectivity index (χ4v) is 14.1. The van der Waals surface area contributed by atoms with Crippen LogP contribution in [0.1, 0.15) is 119 Å². The van der Waals surface area contributed by atoms with E-state index in [2.05, 4.69) is 242 Å². The predicted molar refractivity (Wildman–Crippen MR) is 299 cm³/mol. The van der Waals surface area contributed by atoms with E-state index in [9.17, 15) is 0 Å². The second-order valence-corrected chi connectivity index (χ2v) is 24.1. The number of hydrogen-bond donors (Lipinski definition) is 0. The van der Waals surface area contributed by atoms with Gasteiger partial charge in [0.2, 0.25) is 0 Å². The Bertz CT molecular complexity index is 3450. The first-order valence-electron chi connectivity index (χ1n) is 25.8. The molecule has 0 fully saturated rings. The molecule has 70 heavy (non-hydrogen) atoms. The highest BCUT2D eigenvalue weighted by Gasteiger charge is 2.49. The van der Waals surface area contributed by atoms with Gasteiger partial charge in [-0.1, -0.05) is 140 Å². The molecule has 0 saturated heterocycles. The molecule has 0 N–H and O–H groups in total. The van der Waals surface area contributed by atoms with Crippen molar-refractivity contribution in [3.8, 4) is 11.1 Å². The van der Waals surface area contributed by atoms with Crippen LogP contribution in [0.5, 0.6) is 0 Å². The summed E-state index contributed by atoms with van der Waals surface area (Å²) in [5.41, 5.74) is 29.5. The SMILES string of the molecule is Cc1cc2c3c(c1)N(c1cccc4c1Cc1ccccc1-4)c1cc4c(cc1B3c1cc(N(c3ccccc3)c3ccccc3)ccc1N2c1cc2c(cc1C)C(C)(C)CCC2(C)C)C(C)(C)CC4(C)C. The van der Waals surface area contributed by atoms with Gasteiger partial charge in [-0.3, -0.25) is 0 Å². The van der Waals surface area contributed by atoms with Gasteiger partial charge >= 0.3 is 0 Å². The minimum atomic E-state index is -0.0245. The lowest BCUT2D eigenvalue weighted by atomic mass is 9.33. The first-order chi connectivity index (χ1) is 33.5. The topological polar surface area (TPSA) is 9.72 Å². The molecular formula is C66H64BN3. The quantitative estimate of drug-likeness (QED) is 0.159. The van der Waals surface area contributed by atoms with Crippen LogP contribution < -0.4 is 31.1 Å². The lowest BCUT2D eigenvalue weighted by Gasteiger charge is -2.47. The number of benzene rings is 8. The predicted octanol–water partition coefficient (Wildman–Crippen LogP) is 15.7. The van der Waals surface area contributed by atoms with E-state index < -0.39 is 0 Å². The molecule has 3 aliphatic carbocycles. The second kappa shape index (κ2) is 14.9. The highest BCUT2D eigenvalue weighted by molar-refractivity contribution is 7.00. The zero-order chi connectivity index (χ0) is 48.2. The fourth-order valence-electron chi connectivity index (χ4n) is 14.1. The van der Waals surface area contributed by atoms with Crippen LogP contribution in [0.15, 0.2) is 158 Å². The summed E-state index contributed by atoms with van der Waals surface area (Å²) in [4.78, 5) is 7.84. The second-order valence-electron chi connectivity index (χ2n) is 24.1. The third-order valence-electron chi connectivity index (χ3n) is 17.4. The van der Waals surface area contributed by atoms with Crippen molar-refractivity contribution in [3.63, 3.8) is 0 Å². The van der Waals surface area contributed by atoms with Crippen molar-refractivity contribution in [1.29, 1.82) is 0 Å². The maximum Gasteiger partial charge on any atom is 0.252 e. The number of rotatable bonds is 5. The summed E-state index contributed by atoms with van der Waals surface area (Å²) in [6.45, 7) is 24.4. The number of aryl methyl sites for hydroxylation is 2. The molecule has 0 spiro atoms. The number of fused-ring (bicyclic) bond motifs is 9. The number of hydrogen-bond acceptors (Lipinski definition) is 3. The third-order valence-corrected chi connectivity index (χ3v) is 17.4. The van der Waals surface area contributed by atoms with Crippen LogP contribution in [-0.4, -0.2) is 6.71 Å². The van der Waals surface area contributed by atoms with Gasteiger partial charge in [0, 0.05) is 51.9 Å². The lowest BCUT2D eigenvalue weighted by Crippen LogP contribution is -2.61. The van der Waals surface area contributed by atoms with E-state index in [1.165, 1.54) is 119 Å². The van der Waals surface area contributed by atoms with Crippen molar-refractivity contribution < 1.29 is 0 Å². The van der Waals surface area contributed by atoms with Gasteiger partial charge in [-0.25, -0.2) is 0 Å². The Kier molecular flexibility index (Phi) is 9.19. The summed E-state index contributed by atoms with van der Waals surface area (Å²) in [5, 5.41) is 0. The molecule has 3 nitrogen and oxygen atoms in total.